The summed E-state index contributed by atoms with van der Waals surface area (Å²) >= 11 is 0. The van der Waals surface area contributed by atoms with Crippen molar-refractivity contribution in [3.63, 3.8) is 0 Å². The van der Waals surface area contributed by atoms with Gasteiger partial charge in [-0.2, -0.15) is 8.42 Å². The molecule has 9 heteroatoms. The largest absolute Gasteiger partial charge is 1.00 e. The smallest absolute Gasteiger partial charge is 0.550 e. The van der Waals surface area contributed by atoms with Crippen LogP contribution in [0.3, 0.4) is 0 Å². The fourth-order valence-electron chi connectivity index (χ4n) is 1.27. The Bertz CT molecular complexity index is 354. The van der Waals surface area contributed by atoms with Gasteiger partial charge in [0.1, 0.15) is 0 Å². The minimum Gasteiger partial charge on any atom is -0.550 e. The van der Waals surface area contributed by atoms with Crippen molar-refractivity contribution in [1.82, 2.24) is 0 Å². The van der Waals surface area contributed by atoms with Crippen LogP contribution >= 0.6 is 0 Å². The molecule has 0 aromatic heterocycles. The molecule has 0 aromatic rings. The monoisotopic (exact) mass is 334 g/mol. The van der Waals surface area contributed by atoms with Crippen LogP contribution in [0.5, 0.6) is 0 Å². The van der Waals surface area contributed by atoms with Crippen LogP contribution in [0.25, 0.3) is 0 Å². The Hall–Kier alpha value is -0.150. The van der Waals surface area contributed by atoms with E-state index in [-0.39, 0.29) is 41.7 Å². The molecule has 120 valence electrons. The van der Waals surface area contributed by atoms with E-state index in [1.807, 2.05) is 0 Å². The molecule has 0 amide bonds. The van der Waals surface area contributed by atoms with Crippen molar-refractivity contribution in [2.75, 3.05) is 5.75 Å². The predicted octanol–water partition coefficient (Wildman–Crippen LogP) is -2.16. The number of hydrogen-bond donors (Lipinski definition) is 2. The van der Waals surface area contributed by atoms with E-state index in [1.54, 1.807) is 0 Å². The maximum absolute atomic E-state index is 10.3. The summed E-state index contributed by atoms with van der Waals surface area (Å²) in [4.78, 5) is 19.1. The van der Waals surface area contributed by atoms with Gasteiger partial charge in [0.05, 0.1) is 12.2 Å². The zero-order valence-corrected chi connectivity index (χ0v) is 15.5. The summed E-state index contributed by atoms with van der Waals surface area (Å²) in [5.41, 5.74) is 0. The third-order valence-corrected chi connectivity index (χ3v) is 3.10. The van der Waals surface area contributed by atoms with Crippen molar-refractivity contribution in [2.24, 2.45) is 0 Å². The molecule has 0 aliphatic rings. The van der Waals surface area contributed by atoms with E-state index >= 15 is 0 Å². The molecule has 0 radical (unpaired) electrons. The molecule has 0 aromatic carbocycles. The molecule has 0 aliphatic carbocycles. The summed E-state index contributed by atoms with van der Waals surface area (Å²) in [6.45, 7) is 2.14. The number of carboxylic acids is 2. The molecule has 0 bridgehead atoms. The molecule has 0 saturated carbocycles. The normalized spacial score (nSPS) is 10.0. The van der Waals surface area contributed by atoms with Gasteiger partial charge in [-0.05, 0) is 12.8 Å². The van der Waals surface area contributed by atoms with Gasteiger partial charge in [0, 0.05) is 5.97 Å². The zero-order valence-electron chi connectivity index (χ0n) is 12.7. The standard InChI is InChI=1S/C8H18O3S.C4H6O4.Na/c1-2-3-4-5-6-7-8-12(9,10)11;5-3(6)1-2-4(7)8;/h2-8H2,1H3,(H,9,10,11);1-2H2,(H,5,6)(H,7,8);/q;;+1/p-1. The minimum atomic E-state index is -3.72. The van der Waals surface area contributed by atoms with Crippen LogP contribution in [0, 0.1) is 0 Å². The van der Waals surface area contributed by atoms with E-state index in [0.717, 1.165) is 12.8 Å². The molecular weight excluding hydrogens is 311 g/mol. The second-order valence-corrected chi connectivity index (χ2v) is 5.89. The summed E-state index contributed by atoms with van der Waals surface area (Å²) in [5.74, 6) is -2.53. The van der Waals surface area contributed by atoms with E-state index in [2.05, 4.69) is 6.92 Å². The maximum Gasteiger partial charge on any atom is 1.00 e. The second kappa shape index (κ2) is 16.2. The fraction of sp³-hybridized carbons (Fsp3) is 0.833. The number of unbranched alkanes of at least 4 members (excludes halogenated alkanes) is 5. The molecule has 0 spiro atoms. The molecule has 0 heterocycles. The van der Waals surface area contributed by atoms with E-state index in [4.69, 9.17) is 9.66 Å². The SMILES string of the molecule is CCCCCCCCS(=O)(=O)O.O=C([O-])CCC(=O)O.[Na+]. The van der Waals surface area contributed by atoms with Gasteiger partial charge in [-0.25, -0.2) is 0 Å². The number of aliphatic carboxylic acids is 2. The molecule has 0 atom stereocenters. The van der Waals surface area contributed by atoms with Crippen molar-refractivity contribution >= 4 is 22.1 Å². The summed E-state index contributed by atoms with van der Waals surface area (Å²) in [7, 11) is -3.72. The molecule has 0 aliphatic heterocycles. The second-order valence-electron chi connectivity index (χ2n) is 4.32. The number of hydrogen-bond acceptors (Lipinski definition) is 5. The van der Waals surface area contributed by atoms with Crippen LogP contribution in [-0.2, 0) is 19.7 Å². The van der Waals surface area contributed by atoms with Gasteiger partial charge in [-0.1, -0.05) is 39.0 Å². The van der Waals surface area contributed by atoms with E-state index in [0.29, 0.717) is 6.42 Å². The Morgan fingerprint density at radius 2 is 1.48 bits per heavy atom. The Balaban J connectivity index is -0.000000317. The molecule has 2 N–H and O–H groups in total. The van der Waals surface area contributed by atoms with Crippen molar-refractivity contribution in [2.45, 2.75) is 58.3 Å². The van der Waals surface area contributed by atoms with Gasteiger partial charge in [-0.15, -0.1) is 0 Å². The fourth-order valence-corrected chi connectivity index (χ4v) is 1.84. The Morgan fingerprint density at radius 1 is 1.00 bits per heavy atom. The molecule has 21 heavy (non-hydrogen) atoms. The molecule has 0 fully saturated rings. The van der Waals surface area contributed by atoms with Crippen LogP contribution in [0.1, 0.15) is 58.3 Å². The molecule has 0 saturated heterocycles. The van der Waals surface area contributed by atoms with Gasteiger partial charge in [0.25, 0.3) is 10.1 Å². The van der Waals surface area contributed by atoms with Gasteiger partial charge < -0.3 is 15.0 Å². The van der Waals surface area contributed by atoms with Crippen LogP contribution in [0.4, 0.5) is 0 Å². The number of carboxylic acid groups (broad SMARTS) is 2. The zero-order chi connectivity index (χ0) is 16.0. The van der Waals surface area contributed by atoms with Crippen molar-refractivity contribution in [3.05, 3.63) is 0 Å². The number of carbonyl (C=O) groups is 2. The van der Waals surface area contributed by atoms with Crippen LogP contribution in [0.15, 0.2) is 0 Å². The van der Waals surface area contributed by atoms with Crippen molar-refractivity contribution in [3.8, 4) is 0 Å². The first-order valence-electron chi connectivity index (χ1n) is 6.55. The van der Waals surface area contributed by atoms with Crippen molar-refractivity contribution in [1.29, 1.82) is 0 Å². The topological polar surface area (TPSA) is 132 Å². The average molecular weight is 334 g/mol. The van der Waals surface area contributed by atoms with Crippen LogP contribution < -0.4 is 34.7 Å². The molecule has 0 rings (SSSR count). The Labute approximate surface area is 148 Å². The van der Waals surface area contributed by atoms with Crippen LogP contribution in [-0.4, -0.2) is 35.8 Å². The predicted molar refractivity (Wildman–Crippen MR) is 71.7 cm³/mol. The molecule has 7 nitrogen and oxygen atoms in total. The van der Waals surface area contributed by atoms with Gasteiger partial charge in [0.15, 0.2) is 0 Å². The quantitative estimate of drug-likeness (QED) is 0.264. The number of rotatable bonds is 10. The molecular formula is C12H23NaO7S. The first-order valence-corrected chi connectivity index (χ1v) is 8.16. The average Bonchev–Trinajstić information content (AvgIpc) is 2.30. The summed E-state index contributed by atoms with van der Waals surface area (Å²) in [5, 5.41) is 17.4. The van der Waals surface area contributed by atoms with E-state index in [9.17, 15) is 23.1 Å². The van der Waals surface area contributed by atoms with E-state index in [1.165, 1.54) is 19.3 Å². The summed E-state index contributed by atoms with van der Waals surface area (Å²) in [6, 6.07) is 0. The molecule has 0 unspecified atom stereocenters. The van der Waals surface area contributed by atoms with Gasteiger partial charge in [-0.3, -0.25) is 9.35 Å². The minimum absolute atomic E-state index is 0. The first kappa shape index (κ1) is 25.8. The van der Waals surface area contributed by atoms with Crippen LogP contribution in [0.2, 0.25) is 0 Å². The maximum atomic E-state index is 10.3. The van der Waals surface area contributed by atoms with Gasteiger partial charge >= 0.3 is 35.5 Å². The number of carbonyl (C=O) groups excluding carboxylic acids is 1. The Morgan fingerprint density at radius 3 is 1.81 bits per heavy atom. The summed E-state index contributed by atoms with van der Waals surface area (Å²) < 4.78 is 28.9. The van der Waals surface area contributed by atoms with E-state index < -0.39 is 28.5 Å². The van der Waals surface area contributed by atoms with Crippen molar-refractivity contribution < 1.29 is 62.3 Å². The summed E-state index contributed by atoms with van der Waals surface area (Å²) in [6.07, 6.45) is 5.37. The van der Waals surface area contributed by atoms with Gasteiger partial charge in [0.2, 0.25) is 0 Å². The first-order chi connectivity index (χ1) is 9.19. The third-order valence-electron chi connectivity index (χ3n) is 2.30. The third kappa shape index (κ3) is 33.0. The Kier molecular flexibility index (Phi) is 19.9.